The summed E-state index contributed by atoms with van der Waals surface area (Å²) in [5.41, 5.74) is 0. The van der Waals surface area contributed by atoms with Crippen molar-refractivity contribution in [2.24, 2.45) is 0 Å². The molecular weight excluding hydrogens is 206 g/mol. The van der Waals surface area contributed by atoms with E-state index >= 15 is 0 Å². The van der Waals surface area contributed by atoms with Crippen molar-refractivity contribution in [1.29, 1.82) is 0 Å². The monoisotopic (exact) mass is 225 g/mol. The SMILES string of the molecule is CNCCCCSc1cccc(OC)c1. The number of hydrogen-bond donors (Lipinski definition) is 1. The van der Waals surface area contributed by atoms with Crippen molar-refractivity contribution < 1.29 is 4.74 Å². The summed E-state index contributed by atoms with van der Waals surface area (Å²) in [4.78, 5) is 1.29. The summed E-state index contributed by atoms with van der Waals surface area (Å²) in [5, 5.41) is 3.16. The molecule has 0 unspecified atom stereocenters. The number of methoxy groups -OCH3 is 1. The molecule has 15 heavy (non-hydrogen) atoms. The molecule has 0 atom stereocenters. The fourth-order valence-electron chi connectivity index (χ4n) is 1.28. The van der Waals surface area contributed by atoms with Gasteiger partial charge >= 0.3 is 0 Å². The van der Waals surface area contributed by atoms with Crippen molar-refractivity contribution in [2.75, 3.05) is 26.5 Å². The summed E-state index contributed by atoms with van der Waals surface area (Å²) < 4.78 is 5.18. The number of hydrogen-bond acceptors (Lipinski definition) is 3. The molecule has 0 spiro atoms. The first-order chi connectivity index (χ1) is 7.36. The van der Waals surface area contributed by atoms with Gasteiger partial charge < -0.3 is 10.1 Å². The summed E-state index contributed by atoms with van der Waals surface area (Å²) in [6, 6.07) is 8.23. The first-order valence-corrected chi connectivity index (χ1v) is 6.27. The smallest absolute Gasteiger partial charge is 0.119 e. The summed E-state index contributed by atoms with van der Waals surface area (Å²) >= 11 is 1.89. The van der Waals surface area contributed by atoms with Crippen LogP contribution in [0.15, 0.2) is 29.2 Å². The molecular formula is C12H19NOS. The first kappa shape index (κ1) is 12.4. The minimum absolute atomic E-state index is 0.940. The summed E-state index contributed by atoms with van der Waals surface area (Å²) in [5.74, 6) is 2.12. The van der Waals surface area contributed by atoms with E-state index in [4.69, 9.17) is 4.74 Å². The zero-order valence-corrected chi connectivity index (χ0v) is 10.3. The van der Waals surface area contributed by atoms with Crippen LogP contribution in [0, 0.1) is 0 Å². The molecule has 0 aliphatic rings. The molecule has 0 saturated heterocycles. The first-order valence-electron chi connectivity index (χ1n) is 5.28. The molecule has 84 valence electrons. The van der Waals surface area contributed by atoms with E-state index in [2.05, 4.69) is 17.4 Å². The van der Waals surface area contributed by atoms with Gasteiger partial charge in [0.05, 0.1) is 7.11 Å². The maximum Gasteiger partial charge on any atom is 0.119 e. The van der Waals surface area contributed by atoms with E-state index in [1.807, 2.05) is 30.9 Å². The van der Waals surface area contributed by atoms with Crippen molar-refractivity contribution in [2.45, 2.75) is 17.7 Å². The highest BCUT2D eigenvalue weighted by atomic mass is 32.2. The third-order valence-electron chi connectivity index (χ3n) is 2.13. The van der Waals surface area contributed by atoms with Gasteiger partial charge in [0.1, 0.15) is 5.75 Å². The fourth-order valence-corrected chi connectivity index (χ4v) is 2.24. The van der Waals surface area contributed by atoms with E-state index in [0.29, 0.717) is 0 Å². The predicted molar refractivity (Wildman–Crippen MR) is 66.9 cm³/mol. The molecule has 1 aromatic carbocycles. The van der Waals surface area contributed by atoms with Gasteiger partial charge in [0, 0.05) is 4.90 Å². The lowest BCUT2D eigenvalue weighted by atomic mass is 10.3. The van der Waals surface area contributed by atoms with E-state index in [1.165, 1.54) is 23.5 Å². The van der Waals surface area contributed by atoms with Crippen molar-refractivity contribution in [3.63, 3.8) is 0 Å². The van der Waals surface area contributed by atoms with Crippen LogP contribution in [0.2, 0.25) is 0 Å². The second-order valence-corrected chi connectivity index (χ2v) is 4.51. The van der Waals surface area contributed by atoms with Crippen LogP contribution >= 0.6 is 11.8 Å². The highest BCUT2D eigenvalue weighted by Crippen LogP contribution is 2.23. The predicted octanol–water partition coefficient (Wildman–Crippen LogP) is 2.79. The van der Waals surface area contributed by atoms with E-state index in [1.54, 1.807) is 7.11 Å². The summed E-state index contributed by atoms with van der Waals surface area (Å²) in [7, 11) is 3.70. The van der Waals surface area contributed by atoms with Crippen LogP contribution < -0.4 is 10.1 Å². The Morgan fingerprint density at radius 3 is 2.93 bits per heavy atom. The van der Waals surface area contributed by atoms with E-state index in [-0.39, 0.29) is 0 Å². The van der Waals surface area contributed by atoms with E-state index in [9.17, 15) is 0 Å². The van der Waals surface area contributed by atoms with Crippen LogP contribution in [0.5, 0.6) is 5.75 Å². The molecule has 0 bridgehead atoms. The number of benzene rings is 1. The van der Waals surface area contributed by atoms with Gasteiger partial charge in [0.25, 0.3) is 0 Å². The number of ether oxygens (including phenoxy) is 1. The molecule has 1 aromatic rings. The van der Waals surface area contributed by atoms with E-state index < -0.39 is 0 Å². The van der Waals surface area contributed by atoms with Gasteiger partial charge in [-0.25, -0.2) is 0 Å². The van der Waals surface area contributed by atoms with Gasteiger partial charge in [-0.3, -0.25) is 0 Å². The van der Waals surface area contributed by atoms with Gasteiger partial charge in [-0.2, -0.15) is 0 Å². The largest absolute Gasteiger partial charge is 0.497 e. The van der Waals surface area contributed by atoms with Crippen molar-refractivity contribution in [3.8, 4) is 5.75 Å². The molecule has 0 radical (unpaired) electrons. The van der Waals surface area contributed by atoms with Crippen molar-refractivity contribution in [3.05, 3.63) is 24.3 Å². The molecule has 1 N–H and O–H groups in total. The van der Waals surface area contributed by atoms with Crippen molar-refractivity contribution in [1.82, 2.24) is 5.32 Å². The van der Waals surface area contributed by atoms with Crippen LogP contribution in [-0.4, -0.2) is 26.5 Å². The van der Waals surface area contributed by atoms with Crippen LogP contribution in [0.1, 0.15) is 12.8 Å². The highest BCUT2D eigenvalue weighted by molar-refractivity contribution is 7.99. The average Bonchev–Trinajstić information content (AvgIpc) is 2.29. The molecule has 0 amide bonds. The second kappa shape index (κ2) is 7.60. The topological polar surface area (TPSA) is 21.3 Å². The molecule has 2 nitrogen and oxygen atoms in total. The van der Waals surface area contributed by atoms with Crippen LogP contribution in [-0.2, 0) is 0 Å². The van der Waals surface area contributed by atoms with Crippen LogP contribution in [0.3, 0.4) is 0 Å². The Balaban J connectivity index is 2.24. The Morgan fingerprint density at radius 1 is 1.33 bits per heavy atom. The summed E-state index contributed by atoms with van der Waals surface area (Å²) in [6.45, 7) is 1.11. The van der Waals surface area contributed by atoms with E-state index in [0.717, 1.165) is 12.3 Å². The molecule has 0 aromatic heterocycles. The number of thioether (sulfide) groups is 1. The lowest BCUT2D eigenvalue weighted by Crippen LogP contribution is -2.07. The molecule has 0 aliphatic heterocycles. The molecule has 0 saturated carbocycles. The number of rotatable bonds is 7. The molecule has 0 aliphatic carbocycles. The maximum absolute atomic E-state index is 5.18. The number of nitrogens with one attached hydrogen (secondary N) is 1. The standard InChI is InChI=1S/C12H19NOS/c1-13-8-3-4-9-15-12-7-5-6-11(10-12)14-2/h5-7,10,13H,3-4,8-9H2,1-2H3. The van der Waals surface area contributed by atoms with Gasteiger partial charge in [-0.15, -0.1) is 11.8 Å². The second-order valence-electron chi connectivity index (χ2n) is 3.34. The van der Waals surface area contributed by atoms with Gasteiger partial charge in [0.2, 0.25) is 0 Å². The lowest BCUT2D eigenvalue weighted by Gasteiger charge is -2.04. The normalized spacial score (nSPS) is 10.3. The molecule has 3 heteroatoms. The third kappa shape index (κ3) is 5.09. The van der Waals surface area contributed by atoms with Gasteiger partial charge in [-0.05, 0) is 50.4 Å². The summed E-state index contributed by atoms with van der Waals surface area (Å²) in [6.07, 6.45) is 2.50. The van der Waals surface area contributed by atoms with Crippen LogP contribution in [0.25, 0.3) is 0 Å². The van der Waals surface area contributed by atoms with Crippen molar-refractivity contribution >= 4 is 11.8 Å². The zero-order valence-electron chi connectivity index (χ0n) is 9.45. The highest BCUT2D eigenvalue weighted by Gasteiger charge is 1.96. The third-order valence-corrected chi connectivity index (χ3v) is 3.21. The Morgan fingerprint density at radius 2 is 2.20 bits per heavy atom. The molecule has 0 fully saturated rings. The van der Waals surface area contributed by atoms with Gasteiger partial charge in [-0.1, -0.05) is 6.07 Å². The quantitative estimate of drug-likeness (QED) is 0.569. The lowest BCUT2D eigenvalue weighted by molar-refractivity contribution is 0.413. The van der Waals surface area contributed by atoms with Gasteiger partial charge in [0.15, 0.2) is 0 Å². The minimum atomic E-state index is 0.940. The maximum atomic E-state index is 5.18. The Labute approximate surface area is 96.4 Å². The molecule has 0 heterocycles. The van der Waals surface area contributed by atoms with Crippen LogP contribution in [0.4, 0.5) is 0 Å². The minimum Gasteiger partial charge on any atom is -0.497 e. The Hall–Kier alpha value is -0.670. The zero-order chi connectivity index (χ0) is 10.9. The Kier molecular flexibility index (Phi) is 6.28. The number of unbranched alkanes of at least 4 members (excludes halogenated alkanes) is 1. The Bertz CT molecular complexity index is 278. The fraction of sp³-hybridized carbons (Fsp3) is 0.500. The average molecular weight is 225 g/mol. The molecule has 1 rings (SSSR count).